The van der Waals surface area contributed by atoms with Crippen molar-refractivity contribution >= 4 is 11.6 Å². The number of carbonyl (C=O) groups excluding carboxylic acids is 1. The van der Waals surface area contributed by atoms with E-state index in [-0.39, 0.29) is 11.3 Å². The third-order valence-electron chi connectivity index (χ3n) is 3.90. The molecule has 4 N–H and O–H groups in total. The van der Waals surface area contributed by atoms with E-state index in [0.717, 1.165) is 6.54 Å². The van der Waals surface area contributed by atoms with Crippen molar-refractivity contribution in [3.8, 4) is 0 Å². The van der Waals surface area contributed by atoms with E-state index >= 15 is 0 Å². The lowest BCUT2D eigenvalue weighted by Crippen LogP contribution is -2.37. The summed E-state index contributed by atoms with van der Waals surface area (Å²) in [5, 5.41) is 2.99. The first kappa shape index (κ1) is 13.8. The lowest BCUT2D eigenvalue weighted by atomic mass is 9.76. The molecule has 2 rings (SSSR count). The Morgan fingerprint density at radius 2 is 2.11 bits per heavy atom. The SMILES string of the molecule is CC1(CNC(=O)c2ccc(NN)cn2)CCCCC1. The van der Waals surface area contributed by atoms with Crippen LogP contribution in [0.4, 0.5) is 5.69 Å². The van der Waals surface area contributed by atoms with Gasteiger partial charge in [-0.3, -0.25) is 10.6 Å². The number of aromatic nitrogens is 1. The predicted octanol–water partition coefficient (Wildman–Crippen LogP) is 2.07. The molecule has 0 bridgehead atoms. The van der Waals surface area contributed by atoms with E-state index in [0.29, 0.717) is 11.4 Å². The number of nitrogens with two attached hydrogens (primary N) is 1. The van der Waals surface area contributed by atoms with Gasteiger partial charge in [-0.25, -0.2) is 4.98 Å². The van der Waals surface area contributed by atoms with Crippen LogP contribution in [0.25, 0.3) is 0 Å². The van der Waals surface area contributed by atoms with Crippen LogP contribution in [0.3, 0.4) is 0 Å². The van der Waals surface area contributed by atoms with Crippen molar-refractivity contribution in [3.05, 3.63) is 24.0 Å². The molecule has 1 aliphatic carbocycles. The van der Waals surface area contributed by atoms with Crippen LogP contribution in [0.2, 0.25) is 0 Å². The maximum Gasteiger partial charge on any atom is 0.269 e. The number of nitrogen functional groups attached to an aromatic ring is 1. The third-order valence-corrected chi connectivity index (χ3v) is 3.90. The van der Waals surface area contributed by atoms with E-state index in [9.17, 15) is 4.79 Å². The third kappa shape index (κ3) is 3.67. The van der Waals surface area contributed by atoms with Gasteiger partial charge in [-0.15, -0.1) is 0 Å². The summed E-state index contributed by atoms with van der Waals surface area (Å²) in [5.74, 6) is 5.14. The molecule has 5 nitrogen and oxygen atoms in total. The van der Waals surface area contributed by atoms with Gasteiger partial charge in [0.2, 0.25) is 0 Å². The molecule has 0 atom stereocenters. The molecular formula is C14H22N4O. The molecule has 0 unspecified atom stereocenters. The lowest BCUT2D eigenvalue weighted by Gasteiger charge is -2.33. The molecule has 5 heteroatoms. The largest absolute Gasteiger partial charge is 0.350 e. The standard InChI is InChI=1S/C14H22N4O/c1-14(7-3-2-4-8-14)10-17-13(19)12-6-5-11(18-15)9-16-12/h5-6,9,18H,2-4,7-8,10,15H2,1H3,(H,17,19). The summed E-state index contributed by atoms with van der Waals surface area (Å²) >= 11 is 0. The maximum absolute atomic E-state index is 12.0. The van der Waals surface area contributed by atoms with Crippen LogP contribution in [-0.4, -0.2) is 17.4 Å². The molecular weight excluding hydrogens is 240 g/mol. The molecule has 1 amide bonds. The van der Waals surface area contributed by atoms with Crippen LogP contribution < -0.4 is 16.6 Å². The normalized spacial score (nSPS) is 17.8. The Hall–Kier alpha value is -1.62. The highest BCUT2D eigenvalue weighted by Crippen LogP contribution is 2.34. The minimum atomic E-state index is -0.115. The molecule has 0 radical (unpaired) electrons. The molecule has 1 aliphatic rings. The molecule has 0 aliphatic heterocycles. The summed E-state index contributed by atoms with van der Waals surface area (Å²) in [6.45, 7) is 2.98. The molecule has 0 saturated heterocycles. The van der Waals surface area contributed by atoms with Crippen LogP contribution >= 0.6 is 0 Å². The lowest BCUT2D eigenvalue weighted by molar-refractivity contribution is 0.0914. The van der Waals surface area contributed by atoms with Gasteiger partial charge in [0.25, 0.3) is 5.91 Å². The topological polar surface area (TPSA) is 80.0 Å². The van der Waals surface area contributed by atoms with Crippen LogP contribution in [0.15, 0.2) is 18.3 Å². The van der Waals surface area contributed by atoms with Crippen molar-refractivity contribution in [1.82, 2.24) is 10.3 Å². The van der Waals surface area contributed by atoms with E-state index in [2.05, 4.69) is 22.7 Å². The molecule has 1 fully saturated rings. The van der Waals surface area contributed by atoms with E-state index in [1.54, 1.807) is 18.3 Å². The van der Waals surface area contributed by atoms with Gasteiger partial charge < -0.3 is 10.7 Å². The summed E-state index contributed by atoms with van der Waals surface area (Å²) in [4.78, 5) is 16.1. The quantitative estimate of drug-likeness (QED) is 0.573. The number of nitrogens with zero attached hydrogens (tertiary/aromatic N) is 1. The molecule has 1 aromatic heterocycles. The average molecular weight is 262 g/mol. The average Bonchev–Trinajstić information content (AvgIpc) is 2.46. The highest BCUT2D eigenvalue weighted by atomic mass is 16.1. The highest BCUT2D eigenvalue weighted by molar-refractivity contribution is 5.92. The van der Waals surface area contributed by atoms with Crippen molar-refractivity contribution in [3.63, 3.8) is 0 Å². The summed E-state index contributed by atoms with van der Waals surface area (Å²) in [7, 11) is 0. The fourth-order valence-corrected chi connectivity index (χ4v) is 2.58. The highest BCUT2D eigenvalue weighted by Gasteiger charge is 2.27. The number of rotatable bonds is 4. The second-order valence-electron chi connectivity index (χ2n) is 5.63. The summed E-state index contributed by atoms with van der Waals surface area (Å²) in [5.41, 5.74) is 3.85. The first-order valence-corrected chi connectivity index (χ1v) is 6.84. The van der Waals surface area contributed by atoms with E-state index in [1.807, 2.05) is 0 Å². The Balaban J connectivity index is 1.89. The minimum absolute atomic E-state index is 0.115. The second kappa shape index (κ2) is 6.02. The molecule has 0 spiro atoms. The van der Waals surface area contributed by atoms with Crippen molar-refractivity contribution in [1.29, 1.82) is 0 Å². The fourth-order valence-electron chi connectivity index (χ4n) is 2.58. The molecule has 1 heterocycles. The zero-order chi connectivity index (χ0) is 13.7. The Labute approximate surface area is 114 Å². The molecule has 1 aromatic rings. The van der Waals surface area contributed by atoms with Gasteiger partial charge in [0.1, 0.15) is 5.69 Å². The van der Waals surface area contributed by atoms with E-state index in [4.69, 9.17) is 5.84 Å². The van der Waals surface area contributed by atoms with Crippen molar-refractivity contribution in [2.75, 3.05) is 12.0 Å². The van der Waals surface area contributed by atoms with Crippen molar-refractivity contribution < 1.29 is 4.79 Å². The zero-order valence-electron chi connectivity index (χ0n) is 11.4. The summed E-state index contributed by atoms with van der Waals surface area (Å²) < 4.78 is 0. The van der Waals surface area contributed by atoms with Gasteiger partial charge in [0.15, 0.2) is 0 Å². The Bertz CT molecular complexity index is 424. The first-order chi connectivity index (χ1) is 9.13. The predicted molar refractivity (Wildman–Crippen MR) is 75.6 cm³/mol. The van der Waals surface area contributed by atoms with Crippen molar-refractivity contribution in [2.24, 2.45) is 11.3 Å². The number of hydrazine groups is 1. The van der Waals surface area contributed by atoms with E-state index < -0.39 is 0 Å². The maximum atomic E-state index is 12.0. The smallest absolute Gasteiger partial charge is 0.269 e. The van der Waals surface area contributed by atoms with Crippen LogP contribution in [0.5, 0.6) is 0 Å². The molecule has 19 heavy (non-hydrogen) atoms. The fraction of sp³-hybridized carbons (Fsp3) is 0.571. The van der Waals surface area contributed by atoms with Gasteiger partial charge in [-0.1, -0.05) is 26.2 Å². The van der Waals surface area contributed by atoms with E-state index in [1.165, 1.54) is 32.1 Å². The summed E-state index contributed by atoms with van der Waals surface area (Å²) in [6, 6.07) is 3.41. The van der Waals surface area contributed by atoms with Crippen molar-refractivity contribution in [2.45, 2.75) is 39.0 Å². The van der Waals surface area contributed by atoms with Gasteiger partial charge in [-0.2, -0.15) is 0 Å². The number of hydrogen-bond donors (Lipinski definition) is 3. The number of anilines is 1. The monoisotopic (exact) mass is 262 g/mol. The van der Waals surface area contributed by atoms with Gasteiger partial charge in [0, 0.05) is 6.54 Å². The number of hydrogen-bond acceptors (Lipinski definition) is 4. The molecule has 104 valence electrons. The number of carbonyl (C=O) groups is 1. The summed E-state index contributed by atoms with van der Waals surface area (Å²) in [6.07, 6.45) is 7.78. The van der Waals surface area contributed by atoms with Crippen LogP contribution in [0, 0.1) is 5.41 Å². The number of pyridine rings is 1. The molecule has 1 saturated carbocycles. The van der Waals surface area contributed by atoms with Gasteiger partial charge in [-0.05, 0) is 30.4 Å². The zero-order valence-corrected chi connectivity index (χ0v) is 11.4. The van der Waals surface area contributed by atoms with Crippen LogP contribution in [-0.2, 0) is 0 Å². The first-order valence-electron chi connectivity index (χ1n) is 6.84. The van der Waals surface area contributed by atoms with Gasteiger partial charge >= 0.3 is 0 Å². The van der Waals surface area contributed by atoms with Crippen LogP contribution in [0.1, 0.15) is 49.5 Å². The Morgan fingerprint density at radius 1 is 1.37 bits per heavy atom. The Morgan fingerprint density at radius 3 is 2.68 bits per heavy atom. The number of nitrogens with one attached hydrogen (secondary N) is 2. The Kier molecular flexibility index (Phi) is 4.37. The van der Waals surface area contributed by atoms with Gasteiger partial charge in [0.05, 0.1) is 11.9 Å². The molecule has 0 aromatic carbocycles. The number of amides is 1. The second-order valence-corrected chi connectivity index (χ2v) is 5.63. The minimum Gasteiger partial charge on any atom is -0.350 e.